The molecule has 0 saturated carbocycles. The Balaban J connectivity index is 2.58. The van der Waals surface area contributed by atoms with Gasteiger partial charge in [0.25, 0.3) is 0 Å². The summed E-state index contributed by atoms with van der Waals surface area (Å²) in [4.78, 5) is 1.25. The molecular weight excluding hydrogens is 198 g/mol. The van der Waals surface area contributed by atoms with Gasteiger partial charge in [-0.15, -0.1) is 11.3 Å². The van der Waals surface area contributed by atoms with Crippen LogP contribution in [0.15, 0.2) is 11.4 Å². The van der Waals surface area contributed by atoms with Gasteiger partial charge in [-0.3, -0.25) is 0 Å². The van der Waals surface area contributed by atoms with Crippen molar-refractivity contribution >= 4 is 11.3 Å². The molecule has 1 aromatic heterocycles. The number of hydrogen-bond donors (Lipinski definition) is 1. The van der Waals surface area contributed by atoms with Crippen LogP contribution in [0.1, 0.15) is 17.8 Å². The van der Waals surface area contributed by atoms with Gasteiger partial charge in [0.05, 0.1) is 19.8 Å². The van der Waals surface area contributed by atoms with Crippen LogP contribution in [0.3, 0.4) is 0 Å². The smallest absolute Gasteiger partial charge is 0.129 e. The highest BCUT2D eigenvalue weighted by Gasteiger charge is 2.11. The van der Waals surface area contributed by atoms with Crippen molar-refractivity contribution in [3.63, 3.8) is 0 Å². The molecule has 0 aliphatic rings. The molecule has 0 saturated heterocycles. The monoisotopic (exact) mass is 215 g/mol. The second-order valence-corrected chi connectivity index (χ2v) is 3.83. The van der Waals surface area contributed by atoms with Gasteiger partial charge in [-0.05, 0) is 20.0 Å². The number of thiophene rings is 1. The SMILES string of the molecule is CCOCC(NC)c1cc(OC)cs1. The van der Waals surface area contributed by atoms with E-state index in [1.807, 2.05) is 25.4 Å². The Morgan fingerprint density at radius 1 is 1.57 bits per heavy atom. The van der Waals surface area contributed by atoms with E-state index in [4.69, 9.17) is 9.47 Å². The van der Waals surface area contributed by atoms with Crippen LogP contribution < -0.4 is 10.1 Å². The zero-order valence-electron chi connectivity index (χ0n) is 8.87. The largest absolute Gasteiger partial charge is 0.496 e. The Labute approximate surface area is 89.0 Å². The van der Waals surface area contributed by atoms with Gasteiger partial charge in [-0.2, -0.15) is 0 Å². The quantitative estimate of drug-likeness (QED) is 0.788. The molecule has 0 bridgehead atoms. The third kappa shape index (κ3) is 2.97. The number of ether oxygens (including phenoxy) is 2. The topological polar surface area (TPSA) is 30.5 Å². The third-order valence-corrected chi connectivity index (χ3v) is 3.04. The van der Waals surface area contributed by atoms with Crippen molar-refractivity contribution in [3.8, 4) is 5.75 Å². The van der Waals surface area contributed by atoms with Crippen molar-refractivity contribution in [3.05, 3.63) is 16.3 Å². The summed E-state index contributed by atoms with van der Waals surface area (Å²) >= 11 is 1.69. The minimum absolute atomic E-state index is 0.267. The third-order valence-electron chi connectivity index (χ3n) is 2.01. The lowest BCUT2D eigenvalue weighted by atomic mass is 10.2. The van der Waals surface area contributed by atoms with E-state index in [1.54, 1.807) is 18.4 Å². The van der Waals surface area contributed by atoms with E-state index in [2.05, 4.69) is 5.32 Å². The molecule has 1 rings (SSSR count). The van der Waals surface area contributed by atoms with Crippen LogP contribution in [-0.2, 0) is 4.74 Å². The fourth-order valence-corrected chi connectivity index (χ4v) is 2.12. The molecule has 1 unspecified atom stereocenters. The number of hydrogen-bond acceptors (Lipinski definition) is 4. The maximum absolute atomic E-state index is 5.39. The summed E-state index contributed by atoms with van der Waals surface area (Å²) in [6.45, 7) is 3.46. The minimum Gasteiger partial charge on any atom is -0.496 e. The Morgan fingerprint density at radius 3 is 2.86 bits per heavy atom. The predicted molar refractivity (Wildman–Crippen MR) is 59.2 cm³/mol. The summed E-state index contributed by atoms with van der Waals surface area (Å²) < 4.78 is 10.5. The first-order valence-electron chi connectivity index (χ1n) is 4.69. The van der Waals surface area contributed by atoms with Gasteiger partial charge in [0.15, 0.2) is 0 Å². The van der Waals surface area contributed by atoms with E-state index in [0.29, 0.717) is 6.61 Å². The van der Waals surface area contributed by atoms with Gasteiger partial charge in [0.1, 0.15) is 5.75 Å². The van der Waals surface area contributed by atoms with Crippen molar-refractivity contribution < 1.29 is 9.47 Å². The first-order valence-corrected chi connectivity index (χ1v) is 5.57. The molecule has 0 aliphatic heterocycles. The minimum atomic E-state index is 0.267. The van der Waals surface area contributed by atoms with Gasteiger partial charge in [0, 0.05) is 16.9 Å². The fourth-order valence-electron chi connectivity index (χ4n) is 1.17. The Bertz CT molecular complexity index is 262. The number of methoxy groups -OCH3 is 1. The van der Waals surface area contributed by atoms with E-state index in [9.17, 15) is 0 Å². The number of likely N-dealkylation sites (N-methyl/N-ethyl adjacent to an activating group) is 1. The second-order valence-electron chi connectivity index (χ2n) is 2.89. The highest BCUT2D eigenvalue weighted by atomic mass is 32.1. The summed E-state index contributed by atoms with van der Waals surface area (Å²) in [6, 6.07) is 2.31. The molecule has 0 amide bonds. The van der Waals surface area contributed by atoms with E-state index in [0.717, 1.165) is 12.4 Å². The average molecular weight is 215 g/mol. The van der Waals surface area contributed by atoms with E-state index in [-0.39, 0.29) is 6.04 Å². The molecule has 0 aliphatic carbocycles. The van der Waals surface area contributed by atoms with E-state index < -0.39 is 0 Å². The molecule has 0 radical (unpaired) electrons. The Hall–Kier alpha value is -0.580. The lowest BCUT2D eigenvalue weighted by molar-refractivity contribution is 0.126. The summed E-state index contributed by atoms with van der Waals surface area (Å²) in [6.07, 6.45) is 0. The van der Waals surface area contributed by atoms with Crippen molar-refractivity contribution in [1.29, 1.82) is 0 Å². The first kappa shape index (κ1) is 11.5. The zero-order valence-corrected chi connectivity index (χ0v) is 9.69. The lowest BCUT2D eigenvalue weighted by Gasteiger charge is -2.13. The molecular formula is C10H17NO2S. The van der Waals surface area contributed by atoms with Gasteiger partial charge < -0.3 is 14.8 Å². The number of rotatable bonds is 6. The van der Waals surface area contributed by atoms with Crippen LogP contribution in [0.5, 0.6) is 5.75 Å². The van der Waals surface area contributed by atoms with Gasteiger partial charge in [-0.25, -0.2) is 0 Å². The maximum Gasteiger partial charge on any atom is 0.129 e. The van der Waals surface area contributed by atoms with Crippen LogP contribution in [0.25, 0.3) is 0 Å². The van der Waals surface area contributed by atoms with Crippen LogP contribution in [0.2, 0.25) is 0 Å². The first-order chi connectivity index (χ1) is 6.81. The molecule has 0 fully saturated rings. The van der Waals surface area contributed by atoms with Gasteiger partial charge in [0.2, 0.25) is 0 Å². The maximum atomic E-state index is 5.39. The van der Waals surface area contributed by atoms with Crippen LogP contribution >= 0.6 is 11.3 Å². The average Bonchev–Trinajstić information content (AvgIpc) is 2.68. The molecule has 3 nitrogen and oxygen atoms in total. The summed E-state index contributed by atoms with van der Waals surface area (Å²) in [5.41, 5.74) is 0. The van der Waals surface area contributed by atoms with Crippen molar-refractivity contribution in [1.82, 2.24) is 5.32 Å². The van der Waals surface area contributed by atoms with Crippen molar-refractivity contribution in [2.24, 2.45) is 0 Å². The lowest BCUT2D eigenvalue weighted by Crippen LogP contribution is -2.20. The molecule has 1 heterocycles. The van der Waals surface area contributed by atoms with Crippen LogP contribution in [0, 0.1) is 0 Å². The molecule has 14 heavy (non-hydrogen) atoms. The highest BCUT2D eigenvalue weighted by Crippen LogP contribution is 2.26. The molecule has 1 atom stereocenters. The Kier molecular flexibility index (Phi) is 4.93. The molecule has 4 heteroatoms. The highest BCUT2D eigenvalue weighted by molar-refractivity contribution is 7.10. The number of nitrogens with one attached hydrogen (secondary N) is 1. The fraction of sp³-hybridized carbons (Fsp3) is 0.600. The van der Waals surface area contributed by atoms with E-state index >= 15 is 0 Å². The molecule has 0 spiro atoms. The molecule has 80 valence electrons. The summed E-state index contributed by atoms with van der Waals surface area (Å²) in [7, 11) is 3.62. The summed E-state index contributed by atoms with van der Waals surface area (Å²) in [5.74, 6) is 0.918. The second kappa shape index (κ2) is 6.01. The van der Waals surface area contributed by atoms with Crippen molar-refractivity contribution in [2.75, 3.05) is 27.4 Å². The normalized spacial score (nSPS) is 12.8. The molecule has 1 N–H and O–H groups in total. The molecule has 0 aromatic carbocycles. The van der Waals surface area contributed by atoms with Gasteiger partial charge >= 0.3 is 0 Å². The van der Waals surface area contributed by atoms with Gasteiger partial charge in [-0.1, -0.05) is 0 Å². The molecule has 1 aromatic rings. The summed E-state index contributed by atoms with van der Waals surface area (Å²) in [5, 5.41) is 5.23. The standard InChI is InChI=1S/C10H17NO2S/c1-4-13-6-9(11-2)10-5-8(12-3)7-14-10/h5,7,9,11H,4,6H2,1-3H3. The Morgan fingerprint density at radius 2 is 2.36 bits per heavy atom. The van der Waals surface area contributed by atoms with Crippen LogP contribution in [-0.4, -0.2) is 27.4 Å². The van der Waals surface area contributed by atoms with E-state index in [1.165, 1.54) is 4.88 Å². The van der Waals surface area contributed by atoms with Crippen LogP contribution in [0.4, 0.5) is 0 Å². The predicted octanol–water partition coefficient (Wildman–Crippen LogP) is 2.05. The van der Waals surface area contributed by atoms with Crippen molar-refractivity contribution in [2.45, 2.75) is 13.0 Å². The zero-order chi connectivity index (χ0) is 10.4.